The molecule has 0 amide bonds. The summed E-state index contributed by atoms with van der Waals surface area (Å²) in [5.74, 6) is 1.35. The molecule has 0 radical (unpaired) electrons. The Hall–Kier alpha value is -0.730. The first-order valence-corrected chi connectivity index (χ1v) is 5.12. The molecule has 0 aliphatic carbocycles. The van der Waals surface area contributed by atoms with Crippen LogP contribution in [0.15, 0.2) is 18.2 Å². The fourth-order valence-electron chi connectivity index (χ4n) is 1.10. The van der Waals surface area contributed by atoms with E-state index in [2.05, 4.69) is 13.8 Å². The third-order valence-electron chi connectivity index (χ3n) is 1.81. The molecule has 14 heavy (non-hydrogen) atoms. The second-order valence-electron chi connectivity index (χ2n) is 3.66. The molecule has 0 fully saturated rings. The average molecular weight is 214 g/mol. The van der Waals surface area contributed by atoms with Gasteiger partial charge in [0, 0.05) is 17.1 Å². The van der Waals surface area contributed by atoms with Gasteiger partial charge in [0.1, 0.15) is 5.75 Å². The third kappa shape index (κ3) is 3.20. The Kier molecular flexibility index (Phi) is 4.23. The molecule has 0 atom stereocenters. The van der Waals surface area contributed by atoms with Crippen LogP contribution < -0.4 is 10.5 Å². The van der Waals surface area contributed by atoms with Crippen LogP contribution in [0.3, 0.4) is 0 Å². The number of hydrogen-bond acceptors (Lipinski definition) is 2. The first-order chi connectivity index (χ1) is 6.63. The summed E-state index contributed by atoms with van der Waals surface area (Å²) >= 11 is 5.85. The van der Waals surface area contributed by atoms with Crippen LogP contribution in [-0.4, -0.2) is 6.61 Å². The number of benzene rings is 1. The van der Waals surface area contributed by atoms with Crippen molar-refractivity contribution in [2.45, 2.75) is 20.4 Å². The Bertz CT molecular complexity index is 299. The molecule has 0 saturated carbocycles. The van der Waals surface area contributed by atoms with Gasteiger partial charge in [0.2, 0.25) is 0 Å². The summed E-state index contributed by atoms with van der Waals surface area (Å²) in [6, 6.07) is 5.53. The molecule has 0 bridgehead atoms. The smallest absolute Gasteiger partial charge is 0.123 e. The maximum absolute atomic E-state index is 5.85. The van der Waals surface area contributed by atoms with Gasteiger partial charge < -0.3 is 10.5 Å². The summed E-state index contributed by atoms with van der Waals surface area (Å²) in [5.41, 5.74) is 6.54. The van der Waals surface area contributed by atoms with E-state index in [1.807, 2.05) is 18.2 Å². The van der Waals surface area contributed by atoms with Crippen LogP contribution in [0, 0.1) is 5.92 Å². The lowest BCUT2D eigenvalue weighted by molar-refractivity contribution is 0.268. The third-order valence-corrected chi connectivity index (χ3v) is 2.05. The minimum atomic E-state index is 0.452. The molecule has 2 nitrogen and oxygen atoms in total. The molecule has 1 aromatic carbocycles. The van der Waals surface area contributed by atoms with Crippen molar-refractivity contribution in [2.75, 3.05) is 6.61 Å². The highest BCUT2D eigenvalue weighted by Crippen LogP contribution is 2.22. The predicted octanol–water partition coefficient (Wildman–Crippen LogP) is 2.83. The summed E-state index contributed by atoms with van der Waals surface area (Å²) in [6.07, 6.45) is 0. The summed E-state index contributed by atoms with van der Waals surface area (Å²) in [6.45, 7) is 5.37. The highest BCUT2D eigenvalue weighted by atomic mass is 35.5. The average Bonchev–Trinajstić information content (AvgIpc) is 2.15. The first kappa shape index (κ1) is 11.3. The zero-order valence-electron chi connectivity index (χ0n) is 8.59. The number of rotatable bonds is 4. The molecular weight excluding hydrogens is 198 g/mol. The van der Waals surface area contributed by atoms with E-state index in [-0.39, 0.29) is 0 Å². The molecule has 1 aromatic rings. The Balaban J connectivity index is 2.75. The molecule has 0 aliphatic heterocycles. The highest BCUT2D eigenvalue weighted by molar-refractivity contribution is 6.30. The molecule has 78 valence electrons. The van der Waals surface area contributed by atoms with Crippen molar-refractivity contribution in [2.24, 2.45) is 11.7 Å². The maximum atomic E-state index is 5.85. The quantitative estimate of drug-likeness (QED) is 0.835. The van der Waals surface area contributed by atoms with Crippen LogP contribution in [-0.2, 0) is 6.54 Å². The molecule has 0 aliphatic rings. The molecule has 0 saturated heterocycles. The van der Waals surface area contributed by atoms with Gasteiger partial charge >= 0.3 is 0 Å². The van der Waals surface area contributed by atoms with Crippen LogP contribution in [0.1, 0.15) is 19.4 Å². The largest absolute Gasteiger partial charge is 0.493 e. The van der Waals surface area contributed by atoms with Crippen LogP contribution in [0.25, 0.3) is 0 Å². The van der Waals surface area contributed by atoms with E-state index < -0.39 is 0 Å². The Morgan fingerprint density at radius 1 is 1.43 bits per heavy atom. The van der Waals surface area contributed by atoms with Gasteiger partial charge in [-0.05, 0) is 24.1 Å². The van der Waals surface area contributed by atoms with Crippen LogP contribution >= 0.6 is 11.6 Å². The lowest BCUT2D eigenvalue weighted by Gasteiger charge is -2.12. The van der Waals surface area contributed by atoms with Gasteiger partial charge in [-0.3, -0.25) is 0 Å². The Morgan fingerprint density at radius 3 is 2.71 bits per heavy atom. The van der Waals surface area contributed by atoms with E-state index in [0.717, 1.165) is 11.3 Å². The van der Waals surface area contributed by atoms with Crippen LogP contribution in [0.5, 0.6) is 5.75 Å². The van der Waals surface area contributed by atoms with Gasteiger partial charge in [-0.2, -0.15) is 0 Å². The minimum Gasteiger partial charge on any atom is -0.493 e. The number of nitrogens with two attached hydrogens (primary N) is 1. The SMILES string of the molecule is CC(C)COc1ccc(Cl)cc1CN. The fourth-order valence-corrected chi connectivity index (χ4v) is 1.30. The van der Waals surface area contributed by atoms with Crippen molar-refractivity contribution >= 4 is 11.6 Å². The molecule has 0 unspecified atom stereocenters. The molecule has 0 spiro atoms. The standard InChI is InChI=1S/C11H16ClNO/c1-8(2)7-14-11-4-3-10(12)5-9(11)6-13/h3-5,8H,6-7,13H2,1-2H3. The van der Waals surface area contributed by atoms with Gasteiger partial charge in [0.25, 0.3) is 0 Å². The van der Waals surface area contributed by atoms with E-state index >= 15 is 0 Å². The molecular formula is C11H16ClNO. The minimum absolute atomic E-state index is 0.452. The second-order valence-corrected chi connectivity index (χ2v) is 4.10. The van der Waals surface area contributed by atoms with E-state index in [0.29, 0.717) is 24.1 Å². The zero-order chi connectivity index (χ0) is 10.6. The normalized spacial score (nSPS) is 10.6. The lowest BCUT2D eigenvalue weighted by Crippen LogP contribution is -2.07. The summed E-state index contributed by atoms with van der Waals surface area (Å²) < 4.78 is 5.61. The molecule has 1 rings (SSSR count). The van der Waals surface area contributed by atoms with Gasteiger partial charge in [0.15, 0.2) is 0 Å². The van der Waals surface area contributed by atoms with Gasteiger partial charge in [0.05, 0.1) is 6.61 Å². The number of ether oxygens (including phenoxy) is 1. The van der Waals surface area contributed by atoms with Crippen molar-refractivity contribution in [1.29, 1.82) is 0 Å². The number of halogens is 1. The monoisotopic (exact) mass is 213 g/mol. The maximum Gasteiger partial charge on any atom is 0.123 e. The van der Waals surface area contributed by atoms with Crippen LogP contribution in [0.2, 0.25) is 5.02 Å². The highest BCUT2D eigenvalue weighted by Gasteiger charge is 2.03. The van der Waals surface area contributed by atoms with Crippen molar-refractivity contribution in [3.8, 4) is 5.75 Å². The van der Waals surface area contributed by atoms with Gasteiger partial charge in [-0.25, -0.2) is 0 Å². The van der Waals surface area contributed by atoms with E-state index in [1.54, 1.807) is 0 Å². The Morgan fingerprint density at radius 2 is 2.14 bits per heavy atom. The number of hydrogen-bond donors (Lipinski definition) is 1. The van der Waals surface area contributed by atoms with Crippen molar-refractivity contribution in [1.82, 2.24) is 0 Å². The van der Waals surface area contributed by atoms with E-state index in [1.165, 1.54) is 0 Å². The Labute approximate surface area is 90.0 Å². The van der Waals surface area contributed by atoms with Crippen molar-refractivity contribution in [3.05, 3.63) is 28.8 Å². The fraction of sp³-hybridized carbons (Fsp3) is 0.455. The molecule has 3 heteroatoms. The summed E-state index contributed by atoms with van der Waals surface area (Å²) in [7, 11) is 0. The second kappa shape index (κ2) is 5.23. The topological polar surface area (TPSA) is 35.2 Å². The van der Waals surface area contributed by atoms with Gasteiger partial charge in [-0.1, -0.05) is 25.4 Å². The summed E-state index contributed by atoms with van der Waals surface area (Å²) in [5, 5.41) is 0.697. The molecule has 2 N–H and O–H groups in total. The molecule has 0 heterocycles. The lowest BCUT2D eigenvalue weighted by atomic mass is 10.2. The van der Waals surface area contributed by atoms with Crippen molar-refractivity contribution < 1.29 is 4.74 Å². The van der Waals surface area contributed by atoms with E-state index in [4.69, 9.17) is 22.1 Å². The summed E-state index contributed by atoms with van der Waals surface area (Å²) in [4.78, 5) is 0. The van der Waals surface area contributed by atoms with Gasteiger partial charge in [-0.15, -0.1) is 0 Å². The van der Waals surface area contributed by atoms with E-state index in [9.17, 15) is 0 Å². The van der Waals surface area contributed by atoms with Crippen molar-refractivity contribution in [3.63, 3.8) is 0 Å². The molecule has 0 aromatic heterocycles. The predicted molar refractivity (Wildman–Crippen MR) is 59.7 cm³/mol. The zero-order valence-corrected chi connectivity index (χ0v) is 9.34. The first-order valence-electron chi connectivity index (χ1n) is 4.74. The van der Waals surface area contributed by atoms with Crippen LogP contribution in [0.4, 0.5) is 0 Å².